The second-order valence-corrected chi connectivity index (χ2v) is 12.9. The van der Waals surface area contributed by atoms with Gasteiger partial charge in [0, 0.05) is 60.9 Å². The molecule has 45 heavy (non-hydrogen) atoms. The number of fused-ring (bicyclic) bond motifs is 1. The molecule has 2 aromatic heterocycles. The Morgan fingerprint density at radius 3 is 2.76 bits per heavy atom. The number of methoxy groups -OCH3 is 1. The molecule has 2 N–H and O–H groups in total. The summed E-state index contributed by atoms with van der Waals surface area (Å²) in [6.07, 6.45) is 9.83. The van der Waals surface area contributed by atoms with Gasteiger partial charge in [-0.3, -0.25) is 4.79 Å². The largest absolute Gasteiger partial charge is 0.481 e. The lowest BCUT2D eigenvalue weighted by Crippen LogP contribution is -2.39. The lowest BCUT2D eigenvalue weighted by molar-refractivity contribution is -0.119. The summed E-state index contributed by atoms with van der Waals surface area (Å²) in [6, 6.07) is 20.8. The summed E-state index contributed by atoms with van der Waals surface area (Å²) in [4.78, 5) is 18.9. The van der Waals surface area contributed by atoms with E-state index in [2.05, 4.69) is 88.9 Å². The Balaban J connectivity index is 1.40. The van der Waals surface area contributed by atoms with Gasteiger partial charge in [-0.25, -0.2) is 4.98 Å². The van der Waals surface area contributed by atoms with E-state index in [-0.39, 0.29) is 11.9 Å². The minimum Gasteiger partial charge on any atom is -0.481 e. The fourth-order valence-electron chi connectivity index (χ4n) is 6.43. The van der Waals surface area contributed by atoms with Crippen LogP contribution in [0.1, 0.15) is 35.2 Å². The molecule has 3 heterocycles. The van der Waals surface area contributed by atoms with Crippen LogP contribution in [-0.2, 0) is 23.3 Å². The van der Waals surface area contributed by atoms with Crippen LogP contribution in [0, 0.1) is 0 Å². The fourth-order valence-corrected chi connectivity index (χ4v) is 7.17. The summed E-state index contributed by atoms with van der Waals surface area (Å²) >= 11 is 14.3. The number of halogens is 2. The van der Waals surface area contributed by atoms with Crippen LogP contribution >= 0.6 is 23.2 Å². The van der Waals surface area contributed by atoms with Crippen LogP contribution in [0.5, 0.6) is 5.88 Å². The third-order valence-corrected chi connectivity index (χ3v) is 9.79. The molecule has 1 aliphatic carbocycles. The highest BCUT2D eigenvalue weighted by atomic mass is 35.5. The van der Waals surface area contributed by atoms with Crippen LogP contribution < -0.4 is 15.4 Å². The lowest BCUT2D eigenvalue weighted by Gasteiger charge is -2.39. The van der Waals surface area contributed by atoms with Crippen LogP contribution in [-0.4, -0.2) is 66.1 Å². The average molecular weight is 645 g/mol. The van der Waals surface area contributed by atoms with Gasteiger partial charge in [-0.1, -0.05) is 60.2 Å². The van der Waals surface area contributed by atoms with E-state index >= 15 is 0 Å². The molecule has 9 heteroatoms. The quantitative estimate of drug-likeness (QED) is 0.191. The van der Waals surface area contributed by atoms with Crippen LogP contribution in [0.2, 0.25) is 5.02 Å². The highest BCUT2D eigenvalue weighted by molar-refractivity contribution is 6.34. The molecule has 6 rings (SSSR count). The van der Waals surface area contributed by atoms with Crippen molar-refractivity contribution in [1.29, 1.82) is 0 Å². The smallest absolute Gasteiger partial charge is 0.220 e. The topological polar surface area (TPSA) is 71.4 Å². The Labute approximate surface area is 274 Å². The van der Waals surface area contributed by atoms with Crippen molar-refractivity contribution in [2.75, 3.05) is 34.3 Å². The van der Waals surface area contributed by atoms with Gasteiger partial charge in [0.2, 0.25) is 11.8 Å². The summed E-state index contributed by atoms with van der Waals surface area (Å²) in [7, 11) is 5.82. The maximum atomic E-state index is 11.6. The summed E-state index contributed by atoms with van der Waals surface area (Å²) in [5.41, 5.74) is 4.95. The first-order valence-electron chi connectivity index (χ1n) is 15.4. The third-order valence-electron chi connectivity index (χ3n) is 8.88. The number of nitrogens with zero attached hydrogens (tertiary/aromatic N) is 3. The Bertz CT molecular complexity index is 1760. The van der Waals surface area contributed by atoms with Crippen LogP contribution in [0.4, 0.5) is 0 Å². The zero-order valence-electron chi connectivity index (χ0n) is 25.9. The van der Waals surface area contributed by atoms with Gasteiger partial charge in [-0.05, 0) is 72.9 Å². The van der Waals surface area contributed by atoms with Gasteiger partial charge in [0.25, 0.3) is 0 Å². The fraction of sp³-hybridized carbons (Fsp3) is 0.333. The molecular formula is C36H39Cl2N5O2. The molecule has 0 bridgehead atoms. The van der Waals surface area contributed by atoms with Crippen molar-refractivity contribution >= 4 is 45.6 Å². The van der Waals surface area contributed by atoms with E-state index in [1.807, 2.05) is 30.3 Å². The predicted molar refractivity (Wildman–Crippen MR) is 183 cm³/mol. The van der Waals surface area contributed by atoms with Crippen LogP contribution in [0.15, 0.2) is 85.1 Å². The maximum Gasteiger partial charge on any atom is 0.220 e. The van der Waals surface area contributed by atoms with Crippen LogP contribution in [0.3, 0.4) is 0 Å². The number of carbonyl (C=O) groups excluding carboxylic acids is 1. The van der Waals surface area contributed by atoms with Crippen LogP contribution in [0.25, 0.3) is 16.5 Å². The summed E-state index contributed by atoms with van der Waals surface area (Å²) < 4.78 is 8.14. The first-order chi connectivity index (χ1) is 21.8. The van der Waals surface area contributed by atoms with Crippen molar-refractivity contribution < 1.29 is 9.53 Å². The van der Waals surface area contributed by atoms with Crippen molar-refractivity contribution in [2.24, 2.45) is 0 Å². The van der Waals surface area contributed by atoms with Gasteiger partial charge in [0.1, 0.15) is 0 Å². The van der Waals surface area contributed by atoms with E-state index in [0.29, 0.717) is 30.4 Å². The van der Waals surface area contributed by atoms with Gasteiger partial charge in [0.15, 0.2) is 0 Å². The molecule has 234 valence electrons. The highest BCUT2D eigenvalue weighted by Gasteiger charge is 2.45. The van der Waals surface area contributed by atoms with Gasteiger partial charge in [0.05, 0.1) is 23.6 Å². The first kappa shape index (κ1) is 31.4. The molecule has 0 saturated carbocycles. The number of benzene rings is 2. The van der Waals surface area contributed by atoms with E-state index in [0.717, 1.165) is 52.9 Å². The van der Waals surface area contributed by atoms with Gasteiger partial charge in [-0.2, -0.15) is 0 Å². The molecule has 0 radical (unpaired) electrons. The number of alkyl halides is 1. The second kappa shape index (κ2) is 13.4. The zero-order valence-corrected chi connectivity index (χ0v) is 27.4. The number of allylic oxidation sites excluding steroid dienone is 4. The SMILES string of the molecule is COc1nc(C2(c3ccc4c(ccn4CCN(C)C)c3)C=CC=C(c3ccccc3Cl)C2Cl)ccc1CNC[C@@H]1CCC(=O)N1. The van der Waals surface area contributed by atoms with E-state index in [9.17, 15) is 4.79 Å². The van der Waals surface area contributed by atoms with Crippen molar-refractivity contribution in [3.63, 3.8) is 0 Å². The molecule has 7 nitrogen and oxygen atoms in total. The normalized spacial score (nSPS) is 21.4. The van der Waals surface area contributed by atoms with E-state index in [1.54, 1.807) is 7.11 Å². The molecule has 1 saturated heterocycles. The highest BCUT2D eigenvalue weighted by Crippen LogP contribution is 2.49. The van der Waals surface area contributed by atoms with Crippen molar-refractivity contribution in [1.82, 2.24) is 25.1 Å². The maximum absolute atomic E-state index is 11.6. The number of likely N-dealkylation sites (N-methyl/N-ethyl adjacent to an activating group) is 1. The lowest BCUT2D eigenvalue weighted by atomic mass is 9.68. The Morgan fingerprint density at radius 1 is 1.16 bits per heavy atom. The molecule has 2 aliphatic rings. The number of carbonyl (C=O) groups is 1. The molecular weight excluding hydrogens is 605 g/mol. The summed E-state index contributed by atoms with van der Waals surface area (Å²) in [5, 5.41) is 7.75. The van der Waals surface area contributed by atoms with E-state index < -0.39 is 10.8 Å². The molecule has 2 aromatic carbocycles. The van der Waals surface area contributed by atoms with Gasteiger partial charge in [-0.15, -0.1) is 11.6 Å². The summed E-state index contributed by atoms with van der Waals surface area (Å²) in [6.45, 7) is 3.11. The molecule has 2 unspecified atom stereocenters. The molecule has 4 aromatic rings. The third kappa shape index (κ3) is 6.27. The number of hydrogen-bond donors (Lipinski definition) is 2. The second-order valence-electron chi connectivity index (χ2n) is 12.1. The molecule has 1 amide bonds. The number of pyridine rings is 1. The number of hydrogen-bond acceptors (Lipinski definition) is 5. The molecule has 1 fully saturated rings. The molecule has 1 aliphatic heterocycles. The monoisotopic (exact) mass is 643 g/mol. The van der Waals surface area contributed by atoms with Gasteiger partial charge < -0.3 is 24.8 Å². The van der Waals surface area contributed by atoms with Crippen molar-refractivity contribution in [2.45, 2.75) is 42.8 Å². The Kier molecular flexibility index (Phi) is 9.33. The number of ether oxygens (including phenoxy) is 1. The van der Waals surface area contributed by atoms with Gasteiger partial charge >= 0.3 is 0 Å². The number of amides is 1. The number of aromatic nitrogens is 2. The van der Waals surface area contributed by atoms with Crippen molar-refractivity contribution in [3.05, 3.63) is 112 Å². The minimum atomic E-state index is -0.807. The first-order valence-corrected chi connectivity index (χ1v) is 16.2. The predicted octanol–water partition coefficient (Wildman–Crippen LogP) is 6.18. The Hall–Kier alpha value is -3.62. The standard InChI is InChI=1S/C36H39Cl2N5O2/c1-42(2)19-20-43-18-16-24-21-26(11-13-31(24)43)36(17-6-8-29(34(36)38)28-7-4-5-9-30(28)37)32-14-10-25(35(41-32)45-3)22-39-23-27-12-15-33(44)40-27/h4-11,13-14,16-18,21,27,34,39H,12,15,19-20,22-23H2,1-3H3,(H,40,44)/t27-,34?,36?/m0/s1. The minimum absolute atomic E-state index is 0.111. The van der Waals surface area contributed by atoms with E-state index in [1.165, 1.54) is 5.52 Å². The summed E-state index contributed by atoms with van der Waals surface area (Å²) in [5.74, 6) is 0.650. The van der Waals surface area contributed by atoms with E-state index in [4.69, 9.17) is 32.9 Å². The molecule has 0 spiro atoms. The molecule has 3 atom stereocenters. The zero-order chi connectivity index (χ0) is 31.6. The van der Waals surface area contributed by atoms with Crippen molar-refractivity contribution in [3.8, 4) is 5.88 Å². The average Bonchev–Trinajstić information content (AvgIpc) is 3.65. The number of nitrogens with one attached hydrogen (secondary N) is 2. The Morgan fingerprint density at radius 2 is 2.00 bits per heavy atom. The number of rotatable bonds is 11.